The van der Waals surface area contributed by atoms with E-state index in [9.17, 15) is 9.59 Å². The van der Waals surface area contributed by atoms with E-state index in [4.69, 9.17) is 9.84 Å². The molecule has 0 aromatic carbocycles. The first kappa shape index (κ1) is 39.9. The molecule has 0 saturated heterocycles. The van der Waals surface area contributed by atoms with E-state index >= 15 is 0 Å². The van der Waals surface area contributed by atoms with Crippen molar-refractivity contribution in [3.63, 3.8) is 0 Å². The zero-order chi connectivity index (χ0) is 30.1. The van der Waals surface area contributed by atoms with Gasteiger partial charge in [-0.05, 0) is 38.5 Å². The number of ether oxygens (including phenoxy) is 1. The molecule has 0 aliphatic rings. The van der Waals surface area contributed by atoms with Crippen LogP contribution in [0.25, 0.3) is 0 Å². The summed E-state index contributed by atoms with van der Waals surface area (Å²) in [6.45, 7) is 4.54. The van der Waals surface area contributed by atoms with Crippen molar-refractivity contribution in [1.82, 2.24) is 0 Å². The second kappa shape index (κ2) is 33.4. The minimum Gasteiger partial charge on any atom is -0.481 e. The van der Waals surface area contributed by atoms with Crippen molar-refractivity contribution in [2.24, 2.45) is 0 Å². The molecular weight excluding hydrogens is 508 g/mol. The van der Waals surface area contributed by atoms with Crippen molar-refractivity contribution in [3.8, 4) is 0 Å². The Bertz CT molecular complexity index is 547. The maximum Gasteiger partial charge on any atom is 0.306 e. The van der Waals surface area contributed by atoms with E-state index in [1.54, 1.807) is 0 Å². The molecule has 0 heterocycles. The first-order valence-corrected chi connectivity index (χ1v) is 18.5. The van der Waals surface area contributed by atoms with Crippen molar-refractivity contribution >= 4 is 11.9 Å². The summed E-state index contributed by atoms with van der Waals surface area (Å²) in [5.74, 6) is -0.692. The van der Waals surface area contributed by atoms with Crippen molar-refractivity contribution in [2.45, 2.75) is 225 Å². The zero-order valence-electron chi connectivity index (χ0n) is 27.9. The molecule has 1 atom stereocenters. The van der Waals surface area contributed by atoms with Gasteiger partial charge in [-0.3, -0.25) is 9.59 Å². The fourth-order valence-electron chi connectivity index (χ4n) is 5.83. The predicted octanol–water partition coefficient (Wildman–Crippen LogP) is 12.5. The predicted molar refractivity (Wildman–Crippen MR) is 177 cm³/mol. The number of rotatable bonds is 34. The molecule has 0 bridgehead atoms. The zero-order valence-corrected chi connectivity index (χ0v) is 27.9. The highest BCUT2D eigenvalue weighted by molar-refractivity contribution is 5.69. The number of carbonyl (C=O) groups is 2. The summed E-state index contributed by atoms with van der Waals surface area (Å²) in [5.41, 5.74) is 0. The Morgan fingerprint density at radius 2 is 0.732 bits per heavy atom. The van der Waals surface area contributed by atoms with Gasteiger partial charge in [0.05, 0.1) is 0 Å². The minimum atomic E-state index is -0.698. The maximum atomic E-state index is 12.6. The summed E-state index contributed by atoms with van der Waals surface area (Å²) in [7, 11) is 0. The first-order chi connectivity index (χ1) is 20.1. The summed E-state index contributed by atoms with van der Waals surface area (Å²) in [6.07, 6.45) is 38.3. The lowest BCUT2D eigenvalue weighted by molar-refractivity contribution is -0.150. The highest BCUT2D eigenvalue weighted by atomic mass is 16.5. The van der Waals surface area contributed by atoms with E-state index in [2.05, 4.69) is 13.8 Å². The average molecular weight is 581 g/mol. The van der Waals surface area contributed by atoms with Gasteiger partial charge >= 0.3 is 11.9 Å². The fraction of sp³-hybridized carbons (Fsp3) is 0.946. The number of esters is 1. The third kappa shape index (κ3) is 33.3. The molecule has 0 aliphatic carbocycles. The van der Waals surface area contributed by atoms with E-state index in [1.807, 2.05) is 0 Å². The molecule has 0 radical (unpaired) electrons. The van der Waals surface area contributed by atoms with Gasteiger partial charge in [0.1, 0.15) is 6.10 Å². The maximum absolute atomic E-state index is 12.6. The third-order valence-corrected chi connectivity index (χ3v) is 8.58. The van der Waals surface area contributed by atoms with Gasteiger partial charge in [0.2, 0.25) is 0 Å². The molecule has 244 valence electrons. The van der Waals surface area contributed by atoms with Crippen molar-refractivity contribution in [3.05, 3.63) is 0 Å². The topological polar surface area (TPSA) is 63.6 Å². The van der Waals surface area contributed by atoms with Crippen LogP contribution in [0.2, 0.25) is 0 Å². The molecule has 0 amide bonds. The Kier molecular flexibility index (Phi) is 32.6. The summed E-state index contributed by atoms with van der Waals surface area (Å²) >= 11 is 0. The fourth-order valence-corrected chi connectivity index (χ4v) is 5.83. The molecule has 4 nitrogen and oxygen atoms in total. The van der Waals surface area contributed by atoms with Gasteiger partial charge < -0.3 is 9.84 Å². The number of aliphatic carboxylic acids is 1. The van der Waals surface area contributed by atoms with Crippen LogP contribution < -0.4 is 0 Å². The number of carboxylic acids is 1. The lowest BCUT2D eigenvalue weighted by Gasteiger charge is -2.18. The van der Waals surface area contributed by atoms with E-state index in [0.717, 1.165) is 64.2 Å². The number of carboxylic acid groups (broad SMARTS) is 1. The average Bonchev–Trinajstić information content (AvgIpc) is 2.95. The Morgan fingerprint density at radius 1 is 0.439 bits per heavy atom. The van der Waals surface area contributed by atoms with Crippen LogP contribution in [0.15, 0.2) is 0 Å². The number of hydrogen-bond donors (Lipinski definition) is 1. The van der Waals surface area contributed by atoms with Crippen molar-refractivity contribution in [2.75, 3.05) is 0 Å². The lowest BCUT2D eigenvalue weighted by Crippen LogP contribution is -2.18. The van der Waals surface area contributed by atoms with Crippen molar-refractivity contribution < 1.29 is 19.4 Å². The normalized spacial score (nSPS) is 12.0. The van der Waals surface area contributed by atoms with Gasteiger partial charge in [0.15, 0.2) is 0 Å². The van der Waals surface area contributed by atoms with Crippen LogP contribution in [0.4, 0.5) is 0 Å². The minimum absolute atomic E-state index is 0.00529. The molecule has 41 heavy (non-hydrogen) atoms. The highest BCUT2D eigenvalue weighted by Crippen LogP contribution is 2.19. The van der Waals surface area contributed by atoms with E-state index in [1.165, 1.54) is 128 Å². The van der Waals surface area contributed by atoms with Gasteiger partial charge in [0.25, 0.3) is 0 Å². The van der Waals surface area contributed by atoms with E-state index in [0.29, 0.717) is 6.42 Å². The molecule has 1 unspecified atom stereocenters. The lowest BCUT2D eigenvalue weighted by atomic mass is 10.0. The van der Waals surface area contributed by atoms with Crippen LogP contribution in [0, 0.1) is 0 Å². The van der Waals surface area contributed by atoms with Crippen LogP contribution in [-0.2, 0) is 14.3 Å². The Morgan fingerprint density at radius 3 is 1.07 bits per heavy atom. The van der Waals surface area contributed by atoms with E-state index in [-0.39, 0.29) is 18.5 Å². The first-order valence-electron chi connectivity index (χ1n) is 18.5. The molecule has 0 saturated carbocycles. The van der Waals surface area contributed by atoms with Crippen LogP contribution in [0.1, 0.15) is 219 Å². The molecule has 0 rings (SSSR count). The summed E-state index contributed by atoms with van der Waals surface area (Å²) in [6, 6.07) is 0. The SMILES string of the molecule is CCCCCCCCCCCCCCCCCC(=O)OC(CCCCCCCCCC)CCCCCCCC(=O)O. The van der Waals surface area contributed by atoms with Gasteiger partial charge in [-0.2, -0.15) is 0 Å². The molecule has 0 spiro atoms. The summed E-state index contributed by atoms with van der Waals surface area (Å²) in [5, 5.41) is 8.78. The quantitative estimate of drug-likeness (QED) is 0.0607. The molecule has 1 N–H and O–H groups in total. The molecule has 0 fully saturated rings. The van der Waals surface area contributed by atoms with Crippen molar-refractivity contribution in [1.29, 1.82) is 0 Å². The molecule has 0 aromatic rings. The van der Waals surface area contributed by atoms with Gasteiger partial charge in [-0.1, -0.05) is 168 Å². The standard InChI is InChI=1S/C37H72O4/c1-3-5-7-9-11-13-14-15-16-17-18-19-21-26-30-34-37(40)41-35(31-27-23-20-12-10-8-6-4-2)32-28-24-22-25-29-33-36(38)39/h35H,3-34H2,1-2H3,(H,38,39). The number of hydrogen-bond acceptors (Lipinski definition) is 3. The summed E-state index contributed by atoms with van der Waals surface area (Å²) < 4.78 is 5.97. The van der Waals surface area contributed by atoms with Gasteiger partial charge in [-0.25, -0.2) is 0 Å². The summed E-state index contributed by atoms with van der Waals surface area (Å²) in [4.78, 5) is 23.3. The smallest absolute Gasteiger partial charge is 0.306 e. The second-order valence-corrected chi connectivity index (χ2v) is 12.8. The van der Waals surface area contributed by atoms with Crippen LogP contribution in [0.3, 0.4) is 0 Å². The van der Waals surface area contributed by atoms with Crippen LogP contribution >= 0.6 is 0 Å². The number of carbonyl (C=O) groups excluding carboxylic acids is 1. The van der Waals surface area contributed by atoms with Gasteiger partial charge in [-0.15, -0.1) is 0 Å². The third-order valence-electron chi connectivity index (χ3n) is 8.58. The monoisotopic (exact) mass is 581 g/mol. The van der Waals surface area contributed by atoms with E-state index < -0.39 is 5.97 Å². The molecule has 0 aliphatic heterocycles. The van der Waals surface area contributed by atoms with Crippen LogP contribution in [-0.4, -0.2) is 23.1 Å². The number of unbranched alkanes of at least 4 members (excludes halogenated alkanes) is 25. The molecule has 0 aromatic heterocycles. The second-order valence-electron chi connectivity index (χ2n) is 12.8. The largest absolute Gasteiger partial charge is 0.481 e. The molecule has 4 heteroatoms. The van der Waals surface area contributed by atoms with Crippen LogP contribution in [0.5, 0.6) is 0 Å². The van der Waals surface area contributed by atoms with Gasteiger partial charge in [0, 0.05) is 12.8 Å². The Balaban J connectivity index is 3.91. The molecular formula is C37H72O4. The Labute approximate surface area is 256 Å². The Hall–Kier alpha value is -1.06. The highest BCUT2D eigenvalue weighted by Gasteiger charge is 2.14.